The molecule has 1 heterocycles. The van der Waals surface area contributed by atoms with Crippen molar-refractivity contribution in [3.8, 4) is 5.75 Å². The third-order valence-electron chi connectivity index (χ3n) is 3.19. The van der Waals surface area contributed by atoms with Gasteiger partial charge in [-0.1, -0.05) is 20.8 Å². The van der Waals surface area contributed by atoms with Crippen LogP contribution in [-0.2, 0) is 0 Å². The normalized spacial score (nSPS) is 13.3. The Morgan fingerprint density at radius 1 is 1.35 bits per heavy atom. The van der Waals surface area contributed by atoms with Crippen LogP contribution in [0, 0.1) is 5.41 Å². The molecule has 1 atom stereocenters. The number of hydrogen-bond acceptors (Lipinski definition) is 5. The van der Waals surface area contributed by atoms with Gasteiger partial charge < -0.3 is 15.4 Å². The monoisotopic (exact) mass is 238 g/mol. The highest BCUT2D eigenvalue weighted by atomic mass is 16.5. The summed E-state index contributed by atoms with van der Waals surface area (Å²) in [6.45, 7) is 8.71. The van der Waals surface area contributed by atoms with Gasteiger partial charge in [-0.25, -0.2) is 9.97 Å². The Labute approximate surface area is 103 Å². The molecule has 0 saturated carbocycles. The molecule has 0 bridgehead atoms. The van der Waals surface area contributed by atoms with E-state index in [9.17, 15) is 0 Å². The zero-order chi connectivity index (χ0) is 13.2. The predicted octanol–water partition coefficient (Wildman–Crippen LogP) is 1.94. The summed E-state index contributed by atoms with van der Waals surface area (Å²) in [5.41, 5.74) is 5.91. The van der Waals surface area contributed by atoms with Crippen molar-refractivity contribution in [2.24, 2.45) is 5.41 Å². The van der Waals surface area contributed by atoms with Gasteiger partial charge in [-0.15, -0.1) is 0 Å². The molecule has 1 aromatic rings. The van der Waals surface area contributed by atoms with E-state index >= 15 is 0 Å². The molecule has 5 nitrogen and oxygen atoms in total. The molecule has 0 aliphatic heterocycles. The molecule has 0 fully saturated rings. The summed E-state index contributed by atoms with van der Waals surface area (Å²) >= 11 is 0. The second-order valence-electron chi connectivity index (χ2n) is 5.27. The maximum absolute atomic E-state index is 5.78. The van der Waals surface area contributed by atoms with Crippen molar-refractivity contribution >= 4 is 11.6 Å². The van der Waals surface area contributed by atoms with Gasteiger partial charge in [0.2, 0.25) is 5.75 Å². The molecular weight excluding hydrogens is 216 g/mol. The lowest BCUT2D eigenvalue weighted by Gasteiger charge is -2.36. The molecule has 0 saturated heterocycles. The van der Waals surface area contributed by atoms with Crippen LogP contribution in [-0.4, -0.2) is 30.2 Å². The predicted molar refractivity (Wildman–Crippen MR) is 70.3 cm³/mol. The van der Waals surface area contributed by atoms with E-state index in [0.29, 0.717) is 17.6 Å². The van der Waals surface area contributed by atoms with E-state index in [1.807, 2.05) is 7.05 Å². The summed E-state index contributed by atoms with van der Waals surface area (Å²) in [5, 5.41) is 0. The minimum atomic E-state index is 0.138. The van der Waals surface area contributed by atoms with Gasteiger partial charge in [0.05, 0.1) is 7.11 Å². The first-order valence-electron chi connectivity index (χ1n) is 5.66. The molecule has 96 valence electrons. The van der Waals surface area contributed by atoms with Crippen molar-refractivity contribution in [3.63, 3.8) is 0 Å². The third kappa shape index (κ3) is 2.78. The Kier molecular flexibility index (Phi) is 3.80. The number of nitrogen functional groups attached to an aromatic ring is 1. The number of methoxy groups -OCH3 is 1. The molecule has 0 spiro atoms. The topological polar surface area (TPSA) is 64.3 Å². The van der Waals surface area contributed by atoms with Crippen LogP contribution >= 0.6 is 0 Å². The largest absolute Gasteiger partial charge is 0.490 e. The smallest absolute Gasteiger partial charge is 0.204 e. The number of anilines is 2. The van der Waals surface area contributed by atoms with Crippen molar-refractivity contribution in [1.82, 2.24) is 9.97 Å². The summed E-state index contributed by atoms with van der Waals surface area (Å²) in [5.74, 6) is 1.62. The Bertz CT molecular complexity index is 387. The molecule has 0 aliphatic carbocycles. The molecule has 5 heteroatoms. The van der Waals surface area contributed by atoms with E-state index in [2.05, 4.69) is 42.6 Å². The minimum absolute atomic E-state index is 0.138. The summed E-state index contributed by atoms with van der Waals surface area (Å²) in [6, 6.07) is 0.297. The molecule has 1 aromatic heterocycles. The van der Waals surface area contributed by atoms with Crippen LogP contribution in [0.15, 0.2) is 6.33 Å². The maximum Gasteiger partial charge on any atom is 0.204 e. The van der Waals surface area contributed by atoms with Gasteiger partial charge in [0.15, 0.2) is 11.6 Å². The van der Waals surface area contributed by atoms with Gasteiger partial charge in [0.1, 0.15) is 6.33 Å². The Morgan fingerprint density at radius 2 is 1.94 bits per heavy atom. The number of aromatic nitrogens is 2. The number of nitrogens with two attached hydrogens (primary N) is 1. The van der Waals surface area contributed by atoms with E-state index < -0.39 is 0 Å². The summed E-state index contributed by atoms with van der Waals surface area (Å²) in [7, 11) is 3.56. The fraction of sp³-hybridized carbons (Fsp3) is 0.667. The van der Waals surface area contributed by atoms with Crippen LogP contribution in [0.25, 0.3) is 0 Å². The van der Waals surface area contributed by atoms with Gasteiger partial charge >= 0.3 is 0 Å². The fourth-order valence-electron chi connectivity index (χ4n) is 1.59. The van der Waals surface area contributed by atoms with Crippen molar-refractivity contribution < 1.29 is 4.74 Å². The zero-order valence-electron chi connectivity index (χ0n) is 11.5. The minimum Gasteiger partial charge on any atom is -0.490 e. The van der Waals surface area contributed by atoms with Crippen LogP contribution in [0.3, 0.4) is 0 Å². The molecule has 0 aromatic carbocycles. The van der Waals surface area contributed by atoms with Crippen LogP contribution in [0.4, 0.5) is 11.6 Å². The number of ether oxygens (including phenoxy) is 1. The molecule has 0 aliphatic rings. The second kappa shape index (κ2) is 4.77. The number of rotatable bonds is 3. The van der Waals surface area contributed by atoms with E-state index in [0.717, 1.165) is 5.82 Å². The lowest BCUT2D eigenvalue weighted by atomic mass is 9.87. The molecule has 0 radical (unpaired) electrons. The maximum atomic E-state index is 5.78. The van der Waals surface area contributed by atoms with Crippen molar-refractivity contribution in [3.05, 3.63) is 6.33 Å². The van der Waals surface area contributed by atoms with Gasteiger partial charge in [0, 0.05) is 13.1 Å². The highest BCUT2D eigenvalue weighted by Gasteiger charge is 2.27. The lowest BCUT2D eigenvalue weighted by Crippen LogP contribution is -2.40. The first-order valence-corrected chi connectivity index (χ1v) is 5.66. The lowest BCUT2D eigenvalue weighted by molar-refractivity contribution is 0.325. The zero-order valence-corrected chi connectivity index (χ0v) is 11.5. The van der Waals surface area contributed by atoms with Gasteiger partial charge in [0.25, 0.3) is 0 Å². The van der Waals surface area contributed by atoms with E-state index in [4.69, 9.17) is 10.5 Å². The van der Waals surface area contributed by atoms with Crippen LogP contribution in [0.2, 0.25) is 0 Å². The fourth-order valence-corrected chi connectivity index (χ4v) is 1.59. The first-order chi connectivity index (χ1) is 7.79. The summed E-state index contributed by atoms with van der Waals surface area (Å²) < 4.78 is 5.27. The Hall–Kier alpha value is -1.52. The average Bonchev–Trinajstić information content (AvgIpc) is 2.25. The van der Waals surface area contributed by atoms with Crippen LogP contribution in [0.5, 0.6) is 5.75 Å². The van der Waals surface area contributed by atoms with Crippen molar-refractivity contribution in [1.29, 1.82) is 0 Å². The molecule has 1 rings (SSSR count). The quantitative estimate of drug-likeness (QED) is 0.871. The molecule has 17 heavy (non-hydrogen) atoms. The molecule has 0 amide bonds. The standard InChI is InChI=1S/C12H22N4O/c1-8(12(2,3)4)16(5)11-9(17-6)10(13)14-7-15-11/h7-8H,1-6H3,(H2,13,14,15). The van der Waals surface area contributed by atoms with Gasteiger partial charge in [-0.2, -0.15) is 0 Å². The van der Waals surface area contributed by atoms with Gasteiger partial charge in [-0.3, -0.25) is 0 Å². The third-order valence-corrected chi connectivity index (χ3v) is 3.19. The summed E-state index contributed by atoms with van der Waals surface area (Å²) in [4.78, 5) is 10.3. The van der Waals surface area contributed by atoms with E-state index in [1.54, 1.807) is 7.11 Å². The second-order valence-corrected chi connectivity index (χ2v) is 5.27. The number of nitrogens with zero attached hydrogens (tertiary/aromatic N) is 3. The Morgan fingerprint density at radius 3 is 2.41 bits per heavy atom. The SMILES string of the molecule is COc1c(N)ncnc1N(C)C(C)C(C)(C)C. The van der Waals surface area contributed by atoms with Crippen molar-refractivity contribution in [2.45, 2.75) is 33.7 Å². The number of hydrogen-bond donors (Lipinski definition) is 1. The highest BCUT2D eigenvalue weighted by Crippen LogP contribution is 2.33. The first kappa shape index (κ1) is 13.5. The molecule has 1 unspecified atom stereocenters. The summed E-state index contributed by atoms with van der Waals surface area (Å²) in [6.07, 6.45) is 1.46. The van der Waals surface area contributed by atoms with E-state index in [-0.39, 0.29) is 5.41 Å². The van der Waals surface area contributed by atoms with Gasteiger partial charge in [-0.05, 0) is 12.3 Å². The average molecular weight is 238 g/mol. The van der Waals surface area contributed by atoms with Crippen LogP contribution in [0.1, 0.15) is 27.7 Å². The van der Waals surface area contributed by atoms with Crippen molar-refractivity contribution in [2.75, 3.05) is 24.8 Å². The Balaban J connectivity index is 3.12. The molecular formula is C12H22N4O. The van der Waals surface area contributed by atoms with Crippen LogP contribution < -0.4 is 15.4 Å². The van der Waals surface area contributed by atoms with E-state index in [1.165, 1.54) is 6.33 Å². The highest BCUT2D eigenvalue weighted by molar-refractivity contribution is 5.62. The molecule has 2 N–H and O–H groups in total.